The van der Waals surface area contributed by atoms with Gasteiger partial charge in [-0.25, -0.2) is 0 Å². The Hall–Kier alpha value is -0.400. The van der Waals surface area contributed by atoms with Gasteiger partial charge in [-0.3, -0.25) is 0 Å². The van der Waals surface area contributed by atoms with Gasteiger partial charge in [-0.1, -0.05) is 36.9 Å². The maximum atomic E-state index is 6.50. The minimum Gasteiger partial charge on any atom is -0.488 e. The van der Waals surface area contributed by atoms with Gasteiger partial charge in [0, 0.05) is 17.2 Å². The van der Waals surface area contributed by atoms with E-state index in [9.17, 15) is 0 Å². The number of benzene rings is 1. The molecule has 2 aliphatic rings. The van der Waals surface area contributed by atoms with Crippen LogP contribution in [-0.4, -0.2) is 11.5 Å². The summed E-state index contributed by atoms with van der Waals surface area (Å²) in [6.07, 6.45) is 7.50. The van der Waals surface area contributed by atoms with Gasteiger partial charge in [-0.05, 0) is 37.5 Å². The predicted molar refractivity (Wildman–Crippen MR) is 80.4 cm³/mol. The lowest BCUT2D eigenvalue weighted by atomic mass is 9.58. The molecule has 2 saturated carbocycles. The Morgan fingerprint density at radius 2 is 1.95 bits per heavy atom. The van der Waals surface area contributed by atoms with Crippen molar-refractivity contribution in [3.63, 3.8) is 0 Å². The van der Waals surface area contributed by atoms with Gasteiger partial charge in [0.25, 0.3) is 0 Å². The number of rotatable bonds is 2. The Labute approximate surface area is 125 Å². The maximum absolute atomic E-state index is 6.50. The lowest BCUT2D eigenvalue weighted by Crippen LogP contribution is -2.58. The number of halogens is 2. The Kier molecular flexibility index (Phi) is 3.70. The molecule has 2 fully saturated rings. The fourth-order valence-electron chi connectivity index (χ4n) is 3.56. The second-order valence-electron chi connectivity index (χ2n) is 6.04. The van der Waals surface area contributed by atoms with Crippen LogP contribution in [0.25, 0.3) is 0 Å². The maximum Gasteiger partial charge on any atom is 0.138 e. The number of hydrogen-bond donors (Lipinski definition) is 0. The molecule has 1 aromatic carbocycles. The van der Waals surface area contributed by atoms with Crippen LogP contribution in [0.1, 0.15) is 44.1 Å². The smallest absolute Gasteiger partial charge is 0.138 e. The lowest BCUT2D eigenvalue weighted by Gasteiger charge is -2.55. The highest BCUT2D eigenvalue weighted by Crippen LogP contribution is 2.56. The van der Waals surface area contributed by atoms with E-state index in [1.54, 1.807) is 0 Å². The third-order valence-electron chi connectivity index (χ3n) is 4.83. The average Bonchev–Trinajstić information content (AvgIpc) is 2.42. The van der Waals surface area contributed by atoms with E-state index >= 15 is 0 Å². The first-order valence-corrected chi connectivity index (χ1v) is 8.00. The molecule has 1 nitrogen and oxygen atoms in total. The van der Waals surface area contributed by atoms with Crippen molar-refractivity contribution >= 4 is 23.2 Å². The molecule has 0 aromatic heterocycles. The molecule has 3 rings (SSSR count). The first-order chi connectivity index (χ1) is 9.12. The normalized spacial score (nSPS) is 29.0. The largest absolute Gasteiger partial charge is 0.488 e. The van der Waals surface area contributed by atoms with Gasteiger partial charge in [0.05, 0.1) is 5.02 Å². The van der Waals surface area contributed by atoms with Crippen molar-refractivity contribution < 1.29 is 4.74 Å². The summed E-state index contributed by atoms with van der Waals surface area (Å²) in [6.45, 7) is 2.04. The first-order valence-electron chi connectivity index (χ1n) is 7.19. The summed E-state index contributed by atoms with van der Waals surface area (Å²) in [5, 5.41) is 0.992. The van der Waals surface area contributed by atoms with Crippen LogP contribution >= 0.6 is 23.2 Å². The molecule has 19 heavy (non-hydrogen) atoms. The molecule has 2 unspecified atom stereocenters. The molecule has 1 aromatic rings. The van der Waals surface area contributed by atoms with Crippen LogP contribution in [0.2, 0.25) is 5.02 Å². The molecule has 0 radical (unpaired) electrons. The number of aryl methyl sites for hydroxylation is 1. The van der Waals surface area contributed by atoms with E-state index in [1.807, 2.05) is 25.1 Å². The Bertz CT molecular complexity index is 466. The van der Waals surface area contributed by atoms with E-state index in [0.29, 0.717) is 5.02 Å². The molecule has 3 heteroatoms. The van der Waals surface area contributed by atoms with Crippen LogP contribution in [0, 0.1) is 12.3 Å². The SMILES string of the molecule is Cc1ccc(OC2CC(Cl)C23CCCCC3)c(Cl)c1. The predicted octanol–water partition coefficient (Wildman–Crippen LogP) is 5.36. The molecule has 0 N–H and O–H groups in total. The van der Waals surface area contributed by atoms with Crippen molar-refractivity contribution in [3.8, 4) is 5.75 Å². The van der Waals surface area contributed by atoms with Crippen molar-refractivity contribution in [1.82, 2.24) is 0 Å². The molecular formula is C16H20Cl2O. The summed E-state index contributed by atoms with van der Waals surface area (Å²) in [7, 11) is 0. The van der Waals surface area contributed by atoms with Crippen LogP contribution in [0.3, 0.4) is 0 Å². The van der Waals surface area contributed by atoms with E-state index < -0.39 is 0 Å². The fraction of sp³-hybridized carbons (Fsp3) is 0.625. The second-order valence-corrected chi connectivity index (χ2v) is 6.97. The summed E-state index contributed by atoms with van der Waals surface area (Å²) < 4.78 is 6.18. The molecule has 0 heterocycles. The Morgan fingerprint density at radius 3 is 2.58 bits per heavy atom. The Balaban J connectivity index is 1.76. The molecule has 2 atom stereocenters. The van der Waals surface area contributed by atoms with E-state index in [2.05, 4.69) is 0 Å². The third-order valence-corrected chi connectivity index (χ3v) is 5.74. The van der Waals surface area contributed by atoms with Gasteiger partial charge in [-0.15, -0.1) is 11.6 Å². The van der Waals surface area contributed by atoms with E-state index in [-0.39, 0.29) is 16.9 Å². The van der Waals surface area contributed by atoms with Gasteiger partial charge in [0.2, 0.25) is 0 Å². The van der Waals surface area contributed by atoms with Crippen LogP contribution < -0.4 is 4.74 Å². The minimum atomic E-state index is 0.202. The molecular weight excluding hydrogens is 279 g/mol. The molecule has 0 aliphatic heterocycles. The van der Waals surface area contributed by atoms with Crippen LogP contribution in [0.15, 0.2) is 18.2 Å². The minimum absolute atomic E-state index is 0.202. The fourth-order valence-corrected chi connectivity index (χ4v) is 4.36. The van der Waals surface area contributed by atoms with Crippen molar-refractivity contribution in [2.75, 3.05) is 0 Å². The summed E-state index contributed by atoms with van der Waals surface area (Å²) in [5.74, 6) is 0.811. The van der Waals surface area contributed by atoms with Gasteiger partial charge in [-0.2, -0.15) is 0 Å². The van der Waals surface area contributed by atoms with Crippen LogP contribution in [0.5, 0.6) is 5.75 Å². The quantitative estimate of drug-likeness (QED) is 0.668. The van der Waals surface area contributed by atoms with Crippen molar-refractivity contribution in [1.29, 1.82) is 0 Å². The summed E-state index contributed by atoms with van der Waals surface area (Å²) in [6, 6.07) is 5.99. The molecule has 0 amide bonds. The van der Waals surface area contributed by atoms with Gasteiger partial charge < -0.3 is 4.74 Å². The standard InChI is InChI=1S/C16H20Cl2O/c1-11-5-6-13(12(17)9-11)19-15-10-14(18)16(15)7-3-2-4-8-16/h5-6,9,14-15H,2-4,7-8,10H2,1H3. The van der Waals surface area contributed by atoms with Crippen LogP contribution in [-0.2, 0) is 0 Å². The number of ether oxygens (including phenoxy) is 1. The summed E-state index contributed by atoms with van der Waals surface area (Å²) in [5.41, 5.74) is 1.36. The van der Waals surface area contributed by atoms with Gasteiger partial charge in [0.15, 0.2) is 0 Å². The van der Waals surface area contributed by atoms with Crippen molar-refractivity contribution in [3.05, 3.63) is 28.8 Å². The van der Waals surface area contributed by atoms with E-state index in [1.165, 1.54) is 32.1 Å². The zero-order valence-corrected chi connectivity index (χ0v) is 12.8. The molecule has 1 spiro atoms. The van der Waals surface area contributed by atoms with E-state index in [4.69, 9.17) is 27.9 Å². The van der Waals surface area contributed by atoms with E-state index in [0.717, 1.165) is 17.7 Å². The third kappa shape index (κ3) is 2.36. The topological polar surface area (TPSA) is 9.23 Å². The highest BCUT2D eigenvalue weighted by atomic mass is 35.5. The monoisotopic (exact) mass is 298 g/mol. The van der Waals surface area contributed by atoms with Crippen LogP contribution in [0.4, 0.5) is 0 Å². The van der Waals surface area contributed by atoms with Crippen molar-refractivity contribution in [2.24, 2.45) is 5.41 Å². The molecule has 0 bridgehead atoms. The zero-order valence-electron chi connectivity index (χ0n) is 11.3. The number of hydrogen-bond acceptors (Lipinski definition) is 1. The highest BCUT2D eigenvalue weighted by molar-refractivity contribution is 6.32. The van der Waals surface area contributed by atoms with Gasteiger partial charge >= 0.3 is 0 Å². The van der Waals surface area contributed by atoms with Gasteiger partial charge in [0.1, 0.15) is 11.9 Å². The molecule has 104 valence electrons. The number of alkyl halides is 1. The lowest BCUT2D eigenvalue weighted by molar-refractivity contribution is -0.0649. The zero-order chi connectivity index (χ0) is 13.5. The first kappa shape index (κ1) is 13.6. The van der Waals surface area contributed by atoms with Crippen molar-refractivity contribution in [2.45, 2.75) is 56.9 Å². The average molecular weight is 299 g/mol. The Morgan fingerprint density at radius 1 is 1.21 bits per heavy atom. The summed E-state index contributed by atoms with van der Waals surface area (Å²) >= 11 is 12.8. The second kappa shape index (κ2) is 5.18. The highest BCUT2D eigenvalue weighted by Gasteiger charge is 2.55. The molecule has 0 saturated heterocycles. The molecule has 2 aliphatic carbocycles. The summed E-state index contributed by atoms with van der Waals surface area (Å²) in [4.78, 5) is 0.